The number of nitrogens with zero attached hydrogens (tertiary/aromatic N) is 6. The zero-order chi connectivity index (χ0) is 21.5. The summed E-state index contributed by atoms with van der Waals surface area (Å²) in [6, 6.07) is 13.3. The minimum Gasteiger partial charge on any atom is -0.487 e. The summed E-state index contributed by atoms with van der Waals surface area (Å²) in [4.78, 5) is 10.7. The van der Waals surface area contributed by atoms with Crippen LogP contribution < -0.4 is 4.74 Å². The van der Waals surface area contributed by atoms with Gasteiger partial charge in [-0.2, -0.15) is 0 Å². The molecule has 6 rings (SSSR count). The van der Waals surface area contributed by atoms with E-state index in [1.54, 1.807) is 34.7 Å². The normalized spacial score (nSPS) is 14.7. The van der Waals surface area contributed by atoms with Crippen molar-refractivity contribution >= 4 is 16.2 Å². The van der Waals surface area contributed by atoms with Gasteiger partial charge in [0.2, 0.25) is 0 Å². The first-order valence-electron chi connectivity index (χ1n) is 10.4. The van der Waals surface area contributed by atoms with Gasteiger partial charge in [-0.1, -0.05) is 11.3 Å². The van der Waals surface area contributed by atoms with Crippen molar-refractivity contribution < 1.29 is 9.84 Å². The predicted octanol–water partition coefficient (Wildman–Crippen LogP) is 3.91. The van der Waals surface area contributed by atoms with Crippen LogP contribution in [0.2, 0.25) is 0 Å². The Morgan fingerprint density at radius 2 is 2.03 bits per heavy atom. The lowest BCUT2D eigenvalue weighted by molar-refractivity contribution is 0.208. The summed E-state index contributed by atoms with van der Waals surface area (Å²) in [5, 5.41) is 19.6. The number of pyridine rings is 1. The van der Waals surface area contributed by atoms with E-state index < -0.39 is 6.10 Å². The van der Waals surface area contributed by atoms with E-state index in [-0.39, 0.29) is 0 Å². The van der Waals surface area contributed by atoms with Crippen LogP contribution in [-0.2, 0) is 6.61 Å². The number of fused-ring (bicyclic) bond motifs is 1. The third-order valence-corrected chi connectivity index (χ3v) is 6.82. The molecule has 4 aromatic heterocycles. The minimum atomic E-state index is -0.858. The smallest absolute Gasteiger partial charge is 0.141 e. The highest BCUT2D eigenvalue weighted by atomic mass is 32.1. The average Bonchev–Trinajstić information content (AvgIpc) is 3.22. The van der Waals surface area contributed by atoms with Crippen LogP contribution in [0.4, 0.5) is 0 Å². The molecule has 5 aromatic rings. The van der Waals surface area contributed by atoms with Crippen LogP contribution in [0, 0.1) is 0 Å². The average molecular weight is 445 g/mol. The highest BCUT2D eigenvalue weighted by Crippen LogP contribution is 2.47. The molecule has 1 saturated carbocycles. The molecule has 4 heterocycles. The lowest BCUT2D eigenvalue weighted by atomic mass is 10.1. The van der Waals surface area contributed by atoms with Gasteiger partial charge < -0.3 is 9.84 Å². The van der Waals surface area contributed by atoms with Gasteiger partial charge in [-0.3, -0.25) is 9.38 Å². The van der Waals surface area contributed by atoms with Crippen LogP contribution in [0.25, 0.3) is 10.5 Å². The molecule has 1 unspecified atom stereocenters. The molecule has 32 heavy (non-hydrogen) atoms. The Morgan fingerprint density at radius 3 is 2.81 bits per heavy atom. The number of ether oxygens (including phenoxy) is 1. The standard InChI is InChI=1S/C23H20N6O2S/c30-22(21-23(15-4-5-15)32-20-11-24-14-28(20)21)19-12-29(27-26-19)17-6-8-18(9-7-17)31-13-16-3-1-2-10-25-16/h1-3,6-12,14-15,22,30H,4-5,13H2. The second-order valence-electron chi connectivity index (χ2n) is 7.82. The van der Waals surface area contributed by atoms with Gasteiger partial charge in [-0.05, 0) is 55.2 Å². The molecular formula is C23H20N6O2S. The van der Waals surface area contributed by atoms with E-state index in [9.17, 15) is 5.11 Å². The van der Waals surface area contributed by atoms with E-state index in [4.69, 9.17) is 4.74 Å². The Hall–Kier alpha value is -3.56. The quantitative estimate of drug-likeness (QED) is 0.409. The predicted molar refractivity (Wildman–Crippen MR) is 119 cm³/mol. The summed E-state index contributed by atoms with van der Waals surface area (Å²) in [5.41, 5.74) is 3.07. The summed E-state index contributed by atoms with van der Waals surface area (Å²) >= 11 is 1.70. The van der Waals surface area contributed by atoms with Crippen LogP contribution in [0.1, 0.15) is 46.8 Å². The summed E-state index contributed by atoms with van der Waals surface area (Å²) in [7, 11) is 0. The number of aliphatic hydroxyl groups is 1. The van der Waals surface area contributed by atoms with Gasteiger partial charge in [0.25, 0.3) is 0 Å². The molecular weight excluding hydrogens is 424 g/mol. The Kier molecular flexibility index (Phi) is 4.70. The van der Waals surface area contributed by atoms with Crippen molar-refractivity contribution in [3.8, 4) is 11.4 Å². The maximum Gasteiger partial charge on any atom is 0.141 e. The minimum absolute atomic E-state index is 0.409. The number of hydrogen-bond acceptors (Lipinski definition) is 7. The van der Waals surface area contributed by atoms with Crippen molar-refractivity contribution in [3.05, 3.63) is 89.3 Å². The number of thiazole rings is 1. The van der Waals surface area contributed by atoms with Gasteiger partial charge in [0, 0.05) is 11.1 Å². The van der Waals surface area contributed by atoms with Gasteiger partial charge in [-0.25, -0.2) is 9.67 Å². The number of aliphatic hydroxyl groups excluding tert-OH is 1. The molecule has 0 bridgehead atoms. The molecule has 0 aliphatic heterocycles. The molecule has 0 amide bonds. The van der Waals surface area contributed by atoms with E-state index in [2.05, 4.69) is 20.3 Å². The molecule has 0 spiro atoms. The second-order valence-corrected chi connectivity index (χ2v) is 8.88. The molecule has 1 fully saturated rings. The lowest BCUT2D eigenvalue weighted by Crippen LogP contribution is -2.06. The highest BCUT2D eigenvalue weighted by molar-refractivity contribution is 7.17. The highest BCUT2D eigenvalue weighted by Gasteiger charge is 2.33. The first kappa shape index (κ1) is 19.1. The molecule has 0 radical (unpaired) electrons. The number of aromatic nitrogens is 6. The third-order valence-electron chi connectivity index (χ3n) is 5.54. The van der Waals surface area contributed by atoms with Gasteiger partial charge in [0.1, 0.15) is 35.3 Å². The van der Waals surface area contributed by atoms with Gasteiger partial charge in [-0.15, -0.1) is 16.4 Å². The lowest BCUT2D eigenvalue weighted by Gasteiger charge is -2.09. The van der Waals surface area contributed by atoms with Gasteiger partial charge in [0.15, 0.2) is 0 Å². The van der Waals surface area contributed by atoms with E-state index >= 15 is 0 Å². The number of rotatable bonds is 7. The van der Waals surface area contributed by atoms with E-state index in [1.807, 2.05) is 53.1 Å². The Bertz CT molecular complexity index is 1350. The Labute approximate surface area is 187 Å². The Morgan fingerprint density at radius 1 is 1.16 bits per heavy atom. The molecule has 9 heteroatoms. The zero-order valence-corrected chi connectivity index (χ0v) is 17.9. The fraction of sp³-hybridized carbons (Fsp3) is 0.217. The SMILES string of the molecule is OC(c1cn(-c2ccc(OCc3ccccn3)cc2)nn1)c1c(C2CC2)sc2cncn12. The first-order chi connectivity index (χ1) is 15.8. The Balaban J connectivity index is 1.21. The summed E-state index contributed by atoms with van der Waals surface area (Å²) in [5.74, 6) is 1.27. The molecule has 1 N–H and O–H groups in total. The fourth-order valence-corrected chi connectivity index (χ4v) is 5.03. The molecule has 8 nitrogen and oxygen atoms in total. The second kappa shape index (κ2) is 7.85. The van der Waals surface area contributed by atoms with Crippen LogP contribution in [0.5, 0.6) is 5.75 Å². The summed E-state index contributed by atoms with van der Waals surface area (Å²) in [6.45, 7) is 0.409. The van der Waals surface area contributed by atoms with Crippen molar-refractivity contribution in [2.45, 2.75) is 31.5 Å². The topological polar surface area (TPSA) is 90.4 Å². The van der Waals surface area contributed by atoms with E-state index in [0.717, 1.165) is 40.5 Å². The number of benzene rings is 1. The van der Waals surface area contributed by atoms with Crippen LogP contribution in [0.15, 0.2) is 67.4 Å². The maximum atomic E-state index is 11.2. The number of imidazole rings is 1. The van der Waals surface area contributed by atoms with Crippen molar-refractivity contribution in [2.75, 3.05) is 0 Å². The van der Waals surface area contributed by atoms with Crippen molar-refractivity contribution in [2.24, 2.45) is 0 Å². The van der Waals surface area contributed by atoms with Gasteiger partial charge in [0.05, 0.1) is 29.5 Å². The molecule has 1 aliphatic carbocycles. The molecule has 1 atom stereocenters. The first-order valence-corrected chi connectivity index (χ1v) is 11.3. The fourth-order valence-electron chi connectivity index (χ4n) is 3.73. The monoisotopic (exact) mass is 444 g/mol. The van der Waals surface area contributed by atoms with Crippen LogP contribution >= 0.6 is 11.3 Å². The molecule has 160 valence electrons. The van der Waals surface area contributed by atoms with Crippen molar-refractivity contribution in [3.63, 3.8) is 0 Å². The third kappa shape index (κ3) is 3.55. The van der Waals surface area contributed by atoms with E-state index in [1.165, 1.54) is 4.88 Å². The van der Waals surface area contributed by atoms with Crippen LogP contribution in [0.3, 0.4) is 0 Å². The molecule has 0 saturated heterocycles. The van der Waals surface area contributed by atoms with Crippen molar-refractivity contribution in [1.29, 1.82) is 0 Å². The number of hydrogen-bond donors (Lipinski definition) is 1. The maximum absolute atomic E-state index is 11.2. The zero-order valence-electron chi connectivity index (χ0n) is 17.1. The molecule has 1 aliphatic rings. The summed E-state index contributed by atoms with van der Waals surface area (Å²) in [6.07, 6.45) is 8.58. The largest absolute Gasteiger partial charge is 0.487 e. The summed E-state index contributed by atoms with van der Waals surface area (Å²) < 4.78 is 9.42. The van der Waals surface area contributed by atoms with Crippen molar-refractivity contribution in [1.82, 2.24) is 29.4 Å². The van der Waals surface area contributed by atoms with E-state index in [0.29, 0.717) is 18.2 Å². The van der Waals surface area contributed by atoms with Crippen LogP contribution in [-0.4, -0.2) is 34.5 Å². The van der Waals surface area contributed by atoms with Gasteiger partial charge >= 0.3 is 0 Å². The molecule has 1 aromatic carbocycles.